The van der Waals surface area contributed by atoms with Crippen molar-refractivity contribution >= 4 is 21.9 Å². The van der Waals surface area contributed by atoms with Gasteiger partial charge in [-0.2, -0.15) is 22.6 Å². The normalized spacial score (nSPS) is 21.2. The fraction of sp³-hybridized carbons (Fsp3) is 0.324. The number of pyridine rings is 1. The zero-order valence-electron chi connectivity index (χ0n) is 24.9. The molecule has 7 nitrogen and oxygen atoms in total. The van der Waals surface area contributed by atoms with Crippen LogP contribution in [0.25, 0.3) is 11.8 Å². The summed E-state index contributed by atoms with van der Waals surface area (Å²) >= 11 is 0. The van der Waals surface area contributed by atoms with E-state index in [0.717, 1.165) is 42.7 Å². The van der Waals surface area contributed by atoms with Crippen LogP contribution in [-0.2, 0) is 16.4 Å². The van der Waals surface area contributed by atoms with Crippen molar-refractivity contribution in [3.63, 3.8) is 0 Å². The van der Waals surface area contributed by atoms with E-state index in [-0.39, 0.29) is 31.4 Å². The number of rotatable bonds is 8. The first kappa shape index (κ1) is 31.4. The van der Waals surface area contributed by atoms with Crippen LogP contribution in [0.15, 0.2) is 83.5 Å². The molecule has 13 heteroatoms. The molecule has 2 aromatic carbocycles. The highest BCUT2D eigenvalue weighted by molar-refractivity contribution is 7.89. The third-order valence-electron chi connectivity index (χ3n) is 9.37. The average molecular weight is 669 g/mol. The number of carbonyl (C=O) groups is 1. The molecule has 4 aromatic rings. The molecule has 2 heterocycles. The van der Waals surface area contributed by atoms with Crippen LogP contribution in [0, 0.1) is 17.0 Å². The molecular weight excluding hydrogens is 639 g/mol. The summed E-state index contributed by atoms with van der Waals surface area (Å²) < 4.78 is 98.9. The van der Waals surface area contributed by atoms with E-state index in [9.17, 15) is 35.2 Å². The number of Topliss-reactive ketones (excluding diaryl/α,β-unsaturated/α-hetero) is 1. The summed E-state index contributed by atoms with van der Waals surface area (Å²) in [6.07, 6.45) is 2.13. The topological polar surface area (TPSA) is 85.2 Å². The van der Waals surface area contributed by atoms with E-state index >= 15 is 0 Å². The van der Waals surface area contributed by atoms with Crippen LogP contribution >= 0.6 is 0 Å². The second-order valence-corrected chi connectivity index (χ2v) is 14.4. The standard InChI is InChI=1S/C34H29F5N4O3S/c35-25-5-10-27(11-6-25)43-31-15-24-4-9-28(42(20-34(37,38)39)47(45,46)29-12-7-26(36)8-13-29)17-33(24,16-23(31)19-41-43)32(44)30-14-3-22(18-40-30)21-1-2-21/h3,5-8,10-15,18-19,21,28H,1-2,4,9,16-17,20H2/t28-,33-/m0/s1. The molecule has 3 aliphatic carbocycles. The summed E-state index contributed by atoms with van der Waals surface area (Å²) in [5.41, 5.74) is 2.22. The van der Waals surface area contributed by atoms with Crippen molar-refractivity contribution in [3.8, 4) is 5.69 Å². The van der Waals surface area contributed by atoms with E-state index < -0.39 is 56.5 Å². The number of fused-ring (bicyclic) bond motifs is 2. The van der Waals surface area contributed by atoms with Crippen molar-refractivity contribution in [3.05, 3.63) is 113 Å². The minimum absolute atomic E-state index is 0.00539. The minimum atomic E-state index is -4.89. The summed E-state index contributed by atoms with van der Waals surface area (Å²) in [5.74, 6) is -1.18. The molecule has 47 heavy (non-hydrogen) atoms. The first-order valence-corrected chi connectivity index (χ1v) is 16.7. The van der Waals surface area contributed by atoms with Crippen molar-refractivity contribution in [1.82, 2.24) is 19.1 Å². The highest BCUT2D eigenvalue weighted by Gasteiger charge is 2.53. The molecule has 2 saturated carbocycles. The summed E-state index contributed by atoms with van der Waals surface area (Å²) in [5, 5.41) is 4.48. The van der Waals surface area contributed by atoms with Crippen molar-refractivity contribution in [1.29, 1.82) is 0 Å². The Balaban J connectivity index is 1.32. The number of ketones is 1. The monoisotopic (exact) mass is 668 g/mol. The van der Waals surface area contributed by atoms with Crippen molar-refractivity contribution in [2.24, 2.45) is 5.41 Å². The van der Waals surface area contributed by atoms with Crippen molar-refractivity contribution in [2.45, 2.75) is 61.6 Å². The summed E-state index contributed by atoms with van der Waals surface area (Å²) in [4.78, 5) is 18.6. The fourth-order valence-corrected chi connectivity index (χ4v) is 8.53. The number of sulfonamides is 1. The molecule has 244 valence electrons. The molecule has 0 spiro atoms. The Morgan fingerprint density at radius 2 is 1.62 bits per heavy atom. The van der Waals surface area contributed by atoms with Crippen LogP contribution in [0.3, 0.4) is 0 Å². The first-order chi connectivity index (χ1) is 22.3. The van der Waals surface area contributed by atoms with E-state index in [4.69, 9.17) is 0 Å². The van der Waals surface area contributed by atoms with Crippen LogP contribution in [0.4, 0.5) is 22.0 Å². The van der Waals surface area contributed by atoms with E-state index in [0.29, 0.717) is 32.7 Å². The molecule has 0 unspecified atom stereocenters. The lowest BCUT2D eigenvalue weighted by atomic mass is 9.60. The van der Waals surface area contributed by atoms with Gasteiger partial charge in [-0.3, -0.25) is 9.78 Å². The number of aromatic nitrogens is 3. The van der Waals surface area contributed by atoms with Gasteiger partial charge in [0.2, 0.25) is 10.0 Å². The van der Waals surface area contributed by atoms with Crippen LogP contribution in [0.2, 0.25) is 0 Å². The number of halogens is 5. The Bertz CT molecular complexity index is 1970. The molecule has 2 fully saturated rings. The molecule has 0 saturated heterocycles. The number of hydrogen-bond donors (Lipinski definition) is 0. The van der Waals surface area contributed by atoms with Gasteiger partial charge < -0.3 is 0 Å². The zero-order valence-corrected chi connectivity index (χ0v) is 25.7. The van der Waals surface area contributed by atoms with E-state index in [1.807, 2.05) is 6.07 Å². The van der Waals surface area contributed by atoms with Gasteiger partial charge in [0.15, 0.2) is 5.78 Å². The number of alkyl halides is 3. The Labute approximate surface area is 267 Å². The second-order valence-electron chi connectivity index (χ2n) is 12.5. The summed E-state index contributed by atoms with van der Waals surface area (Å²) in [6, 6.07) is 11.6. The van der Waals surface area contributed by atoms with Gasteiger partial charge in [0.05, 0.1) is 27.9 Å². The second kappa shape index (κ2) is 11.5. The SMILES string of the molecule is O=C(c1ccc(C2CC2)cn1)[C@]12Cc3cnn(-c4ccc(F)cc4)c3C=C1CC[C@H](N(CC(F)(F)F)S(=O)(=O)c1ccc(F)cc1)C2. The molecule has 2 atom stereocenters. The first-order valence-electron chi connectivity index (χ1n) is 15.2. The predicted octanol–water partition coefficient (Wildman–Crippen LogP) is 7.04. The van der Waals surface area contributed by atoms with Gasteiger partial charge in [-0.05, 0) is 116 Å². The number of carbonyl (C=O) groups excluding carboxylic acids is 1. The Morgan fingerprint density at radius 3 is 2.23 bits per heavy atom. The van der Waals surface area contributed by atoms with Gasteiger partial charge in [0.1, 0.15) is 23.9 Å². The molecule has 0 N–H and O–H groups in total. The molecule has 0 aliphatic heterocycles. The molecule has 0 radical (unpaired) electrons. The molecular formula is C34H29F5N4O3S. The van der Waals surface area contributed by atoms with Crippen LogP contribution in [0.1, 0.15) is 65.3 Å². The van der Waals surface area contributed by atoms with Gasteiger partial charge in [-0.25, -0.2) is 21.9 Å². The number of benzene rings is 2. The lowest BCUT2D eigenvalue weighted by Crippen LogP contribution is -2.52. The summed E-state index contributed by atoms with van der Waals surface area (Å²) in [7, 11) is -4.76. The molecule has 3 aliphatic rings. The fourth-order valence-electron chi connectivity index (χ4n) is 6.89. The lowest BCUT2D eigenvalue weighted by Gasteiger charge is -2.46. The number of allylic oxidation sites excluding steroid dienone is 1. The highest BCUT2D eigenvalue weighted by Crippen LogP contribution is 2.52. The maximum Gasteiger partial charge on any atom is 0.402 e. The third-order valence-corrected chi connectivity index (χ3v) is 11.3. The Kier molecular flexibility index (Phi) is 7.66. The molecule has 0 bridgehead atoms. The average Bonchev–Trinajstić information content (AvgIpc) is 3.82. The maximum absolute atomic E-state index is 14.6. The van der Waals surface area contributed by atoms with Gasteiger partial charge >= 0.3 is 6.18 Å². The maximum atomic E-state index is 14.6. The van der Waals surface area contributed by atoms with Crippen molar-refractivity contribution < 1.29 is 35.2 Å². The Morgan fingerprint density at radius 1 is 0.936 bits per heavy atom. The van der Waals surface area contributed by atoms with E-state index in [2.05, 4.69) is 10.1 Å². The van der Waals surface area contributed by atoms with E-state index in [1.165, 1.54) is 12.1 Å². The van der Waals surface area contributed by atoms with Gasteiger partial charge in [-0.1, -0.05) is 11.6 Å². The lowest BCUT2D eigenvalue weighted by molar-refractivity contribution is -0.140. The van der Waals surface area contributed by atoms with Crippen molar-refractivity contribution in [2.75, 3.05) is 6.54 Å². The zero-order chi connectivity index (χ0) is 33.1. The molecule has 7 rings (SSSR count). The Hall–Kier alpha value is -4.23. The largest absolute Gasteiger partial charge is 0.402 e. The minimum Gasteiger partial charge on any atom is -0.291 e. The van der Waals surface area contributed by atoms with Gasteiger partial charge in [-0.15, -0.1) is 0 Å². The van der Waals surface area contributed by atoms with Gasteiger partial charge in [0.25, 0.3) is 0 Å². The smallest absolute Gasteiger partial charge is 0.291 e. The molecule has 2 aromatic heterocycles. The number of hydrogen-bond acceptors (Lipinski definition) is 5. The van der Waals surface area contributed by atoms with E-state index in [1.54, 1.807) is 41.4 Å². The quantitative estimate of drug-likeness (QED) is 0.149. The summed E-state index contributed by atoms with van der Waals surface area (Å²) in [6.45, 7) is -1.78. The number of nitrogens with zero attached hydrogens (tertiary/aromatic N) is 4. The highest BCUT2D eigenvalue weighted by atomic mass is 32.2. The molecule has 0 amide bonds. The van der Waals surface area contributed by atoms with Gasteiger partial charge in [0, 0.05) is 12.2 Å². The van der Waals surface area contributed by atoms with Crippen LogP contribution < -0.4 is 0 Å². The van der Waals surface area contributed by atoms with Crippen LogP contribution in [-0.4, -0.2) is 52.0 Å². The predicted molar refractivity (Wildman–Crippen MR) is 162 cm³/mol. The van der Waals surface area contributed by atoms with Crippen LogP contribution in [0.5, 0.6) is 0 Å². The third kappa shape index (κ3) is 5.91.